The second kappa shape index (κ2) is 5.81. The molecule has 0 aromatic carbocycles. The summed E-state index contributed by atoms with van der Waals surface area (Å²) in [5, 5.41) is 3.30. The molecular weight excluding hydrogens is 289 g/mol. The van der Waals surface area contributed by atoms with Gasteiger partial charge in [0.15, 0.2) is 0 Å². The molecule has 3 nitrogen and oxygen atoms in total. The SMILES string of the molecule is C#CCC(CC)Nc1ncncc1I. The fourth-order valence-corrected chi connectivity index (χ4v) is 1.51. The molecule has 0 saturated carbocycles. The van der Waals surface area contributed by atoms with Crippen molar-refractivity contribution in [2.24, 2.45) is 0 Å². The van der Waals surface area contributed by atoms with Crippen molar-refractivity contribution < 1.29 is 0 Å². The van der Waals surface area contributed by atoms with Gasteiger partial charge in [-0.05, 0) is 29.0 Å². The fourth-order valence-electron chi connectivity index (χ4n) is 1.05. The summed E-state index contributed by atoms with van der Waals surface area (Å²) in [6.07, 6.45) is 10.3. The fraction of sp³-hybridized carbons (Fsp3) is 0.400. The Morgan fingerprint density at radius 3 is 3.07 bits per heavy atom. The number of anilines is 1. The summed E-state index contributed by atoms with van der Waals surface area (Å²) in [5.41, 5.74) is 0. The van der Waals surface area contributed by atoms with Gasteiger partial charge in [-0.3, -0.25) is 0 Å². The van der Waals surface area contributed by atoms with Crippen molar-refractivity contribution in [2.45, 2.75) is 25.8 Å². The molecule has 1 aromatic rings. The minimum atomic E-state index is 0.295. The van der Waals surface area contributed by atoms with Crippen LogP contribution >= 0.6 is 22.6 Å². The molecule has 4 heteroatoms. The van der Waals surface area contributed by atoms with Crippen molar-refractivity contribution in [3.8, 4) is 12.3 Å². The molecule has 0 radical (unpaired) electrons. The van der Waals surface area contributed by atoms with E-state index in [1.54, 1.807) is 6.20 Å². The molecule has 1 unspecified atom stereocenters. The van der Waals surface area contributed by atoms with Gasteiger partial charge in [-0.1, -0.05) is 6.92 Å². The summed E-state index contributed by atoms with van der Waals surface area (Å²) in [6, 6.07) is 0.295. The van der Waals surface area contributed by atoms with Gasteiger partial charge in [-0.15, -0.1) is 12.3 Å². The minimum absolute atomic E-state index is 0.295. The molecule has 0 aliphatic heterocycles. The zero-order valence-corrected chi connectivity index (χ0v) is 10.2. The molecule has 14 heavy (non-hydrogen) atoms. The summed E-state index contributed by atoms with van der Waals surface area (Å²) in [7, 11) is 0. The highest BCUT2D eigenvalue weighted by Crippen LogP contribution is 2.15. The molecule has 1 heterocycles. The van der Waals surface area contributed by atoms with Crippen LogP contribution in [0.15, 0.2) is 12.5 Å². The largest absolute Gasteiger partial charge is 0.365 e. The predicted octanol–water partition coefficient (Wildman–Crippen LogP) is 2.29. The van der Waals surface area contributed by atoms with Crippen LogP contribution in [-0.4, -0.2) is 16.0 Å². The molecule has 1 rings (SSSR count). The molecule has 1 N–H and O–H groups in total. The van der Waals surface area contributed by atoms with E-state index in [9.17, 15) is 0 Å². The Balaban J connectivity index is 2.68. The lowest BCUT2D eigenvalue weighted by Crippen LogP contribution is -2.19. The van der Waals surface area contributed by atoms with Gasteiger partial charge in [0.1, 0.15) is 12.1 Å². The van der Waals surface area contributed by atoms with Gasteiger partial charge >= 0.3 is 0 Å². The molecule has 0 spiro atoms. The first-order chi connectivity index (χ1) is 6.77. The highest BCUT2D eigenvalue weighted by Gasteiger charge is 2.07. The molecule has 0 bridgehead atoms. The molecule has 0 aliphatic carbocycles. The summed E-state index contributed by atoms with van der Waals surface area (Å²) >= 11 is 2.20. The first kappa shape index (κ1) is 11.2. The number of nitrogens with zero attached hydrogens (tertiary/aromatic N) is 2. The average molecular weight is 301 g/mol. The maximum absolute atomic E-state index is 5.27. The standard InChI is InChI=1S/C10H12IN3/c1-3-5-8(4-2)14-10-9(11)6-12-7-13-10/h1,6-8H,4-5H2,2H3,(H,12,13,14). The van der Waals surface area contributed by atoms with Crippen LogP contribution in [0, 0.1) is 15.9 Å². The zero-order chi connectivity index (χ0) is 10.4. The molecule has 0 aliphatic rings. The normalized spacial score (nSPS) is 11.8. The number of nitrogens with one attached hydrogen (secondary N) is 1. The van der Waals surface area contributed by atoms with E-state index >= 15 is 0 Å². The second-order valence-electron chi connectivity index (χ2n) is 2.88. The molecule has 0 amide bonds. The maximum atomic E-state index is 5.27. The lowest BCUT2D eigenvalue weighted by atomic mass is 10.1. The van der Waals surface area contributed by atoms with Gasteiger partial charge in [-0.2, -0.15) is 0 Å². The Morgan fingerprint density at radius 1 is 1.71 bits per heavy atom. The number of rotatable bonds is 4. The summed E-state index contributed by atoms with van der Waals surface area (Å²) in [5.74, 6) is 3.51. The molecule has 1 atom stereocenters. The van der Waals surface area contributed by atoms with Crippen LogP contribution in [0.25, 0.3) is 0 Å². The Labute approximate surface area is 97.9 Å². The van der Waals surface area contributed by atoms with Gasteiger partial charge in [-0.25, -0.2) is 9.97 Å². The van der Waals surface area contributed by atoms with E-state index in [0.29, 0.717) is 6.04 Å². The Bertz CT molecular complexity index is 332. The van der Waals surface area contributed by atoms with Crippen LogP contribution in [0.5, 0.6) is 0 Å². The first-order valence-electron chi connectivity index (χ1n) is 4.43. The molecular formula is C10H12IN3. The quantitative estimate of drug-likeness (QED) is 0.685. The molecule has 1 aromatic heterocycles. The minimum Gasteiger partial charge on any atom is -0.365 e. The second-order valence-corrected chi connectivity index (χ2v) is 4.04. The number of halogens is 1. The van der Waals surface area contributed by atoms with E-state index in [1.807, 2.05) is 0 Å². The Kier molecular flexibility index (Phi) is 4.66. The lowest BCUT2D eigenvalue weighted by molar-refractivity contribution is 0.710. The molecule has 0 saturated heterocycles. The third kappa shape index (κ3) is 3.14. The third-order valence-corrected chi connectivity index (χ3v) is 2.65. The van der Waals surface area contributed by atoms with Crippen molar-refractivity contribution in [1.29, 1.82) is 0 Å². The van der Waals surface area contributed by atoms with E-state index in [0.717, 1.165) is 22.2 Å². The van der Waals surface area contributed by atoms with Gasteiger partial charge in [0.25, 0.3) is 0 Å². The summed E-state index contributed by atoms with van der Waals surface area (Å²) in [4.78, 5) is 8.08. The first-order valence-corrected chi connectivity index (χ1v) is 5.51. The predicted molar refractivity (Wildman–Crippen MR) is 65.9 cm³/mol. The number of hydrogen-bond acceptors (Lipinski definition) is 3. The van der Waals surface area contributed by atoms with E-state index in [-0.39, 0.29) is 0 Å². The number of aromatic nitrogens is 2. The van der Waals surface area contributed by atoms with Crippen molar-refractivity contribution in [1.82, 2.24) is 9.97 Å². The number of terminal acetylenes is 1. The monoisotopic (exact) mass is 301 g/mol. The van der Waals surface area contributed by atoms with Crippen LogP contribution in [0.1, 0.15) is 19.8 Å². The topological polar surface area (TPSA) is 37.8 Å². The highest BCUT2D eigenvalue weighted by atomic mass is 127. The zero-order valence-electron chi connectivity index (χ0n) is 8.00. The van der Waals surface area contributed by atoms with Gasteiger partial charge in [0.2, 0.25) is 0 Å². The van der Waals surface area contributed by atoms with E-state index in [4.69, 9.17) is 6.42 Å². The van der Waals surface area contributed by atoms with E-state index in [2.05, 4.69) is 50.7 Å². The summed E-state index contributed by atoms with van der Waals surface area (Å²) in [6.45, 7) is 2.10. The van der Waals surface area contributed by atoms with Crippen molar-refractivity contribution in [2.75, 3.05) is 5.32 Å². The van der Waals surface area contributed by atoms with Crippen LogP contribution in [0.4, 0.5) is 5.82 Å². The van der Waals surface area contributed by atoms with Crippen LogP contribution in [0.2, 0.25) is 0 Å². The highest BCUT2D eigenvalue weighted by molar-refractivity contribution is 14.1. The average Bonchev–Trinajstić information content (AvgIpc) is 2.20. The van der Waals surface area contributed by atoms with Crippen molar-refractivity contribution >= 4 is 28.4 Å². The van der Waals surface area contributed by atoms with Crippen molar-refractivity contribution in [3.63, 3.8) is 0 Å². The lowest BCUT2D eigenvalue weighted by Gasteiger charge is -2.15. The van der Waals surface area contributed by atoms with Gasteiger partial charge in [0, 0.05) is 18.7 Å². The Morgan fingerprint density at radius 2 is 2.50 bits per heavy atom. The summed E-state index contributed by atoms with van der Waals surface area (Å²) < 4.78 is 1.01. The molecule has 0 fully saturated rings. The third-order valence-electron chi connectivity index (χ3n) is 1.87. The van der Waals surface area contributed by atoms with Crippen LogP contribution in [-0.2, 0) is 0 Å². The van der Waals surface area contributed by atoms with Crippen LogP contribution in [0.3, 0.4) is 0 Å². The van der Waals surface area contributed by atoms with Gasteiger partial charge < -0.3 is 5.32 Å². The van der Waals surface area contributed by atoms with E-state index < -0.39 is 0 Å². The Hall–Kier alpha value is -0.830. The van der Waals surface area contributed by atoms with Crippen molar-refractivity contribution in [3.05, 3.63) is 16.1 Å². The molecule has 74 valence electrons. The van der Waals surface area contributed by atoms with Gasteiger partial charge in [0.05, 0.1) is 3.57 Å². The smallest absolute Gasteiger partial charge is 0.143 e. The number of hydrogen-bond donors (Lipinski definition) is 1. The van der Waals surface area contributed by atoms with Crippen LogP contribution < -0.4 is 5.32 Å². The van der Waals surface area contributed by atoms with E-state index in [1.165, 1.54) is 6.33 Å². The maximum Gasteiger partial charge on any atom is 0.143 e.